The summed E-state index contributed by atoms with van der Waals surface area (Å²) in [5, 5.41) is 14.4. The van der Waals surface area contributed by atoms with E-state index in [1.54, 1.807) is 0 Å². The molecular weight excluding hydrogens is 282 g/mol. The van der Waals surface area contributed by atoms with Crippen LogP contribution in [-0.4, -0.2) is 52.8 Å². The summed E-state index contributed by atoms with van der Waals surface area (Å²) in [5.74, 6) is -0.936. The van der Waals surface area contributed by atoms with Crippen molar-refractivity contribution in [2.45, 2.75) is 25.9 Å². The quantitative estimate of drug-likeness (QED) is 0.859. The first-order valence-electron chi connectivity index (χ1n) is 6.31. The molecule has 2 rings (SSSR count). The molecule has 0 radical (unpaired) electrons. The monoisotopic (exact) mass is 299 g/mol. The number of nitrogens with one attached hydrogen (secondary N) is 1. The van der Waals surface area contributed by atoms with Crippen LogP contribution in [0.15, 0.2) is 5.38 Å². The molecule has 2 amide bonds. The Labute approximate surface area is 120 Å². The smallest absolute Gasteiger partial charge is 0.318 e. The minimum Gasteiger partial charge on any atom is -0.481 e. The molecule has 0 saturated carbocycles. The van der Waals surface area contributed by atoms with Gasteiger partial charge in [0.25, 0.3) is 0 Å². The summed E-state index contributed by atoms with van der Waals surface area (Å²) < 4.78 is 5.23. The zero-order chi connectivity index (χ0) is 14.5. The number of hydrogen-bond acceptors (Lipinski definition) is 5. The molecule has 1 aliphatic rings. The lowest BCUT2D eigenvalue weighted by atomic mass is 10.1. The minimum absolute atomic E-state index is 0.107. The highest BCUT2D eigenvalue weighted by molar-refractivity contribution is 7.09. The van der Waals surface area contributed by atoms with Crippen LogP contribution in [0.1, 0.15) is 17.1 Å². The van der Waals surface area contributed by atoms with Crippen molar-refractivity contribution >= 4 is 23.3 Å². The number of ether oxygens (including phenoxy) is 1. The van der Waals surface area contributed by atoms with E-state index in [2.05, 4.69) is 10.3 Å². The van der Waals surface area contributed by atoms with Crippen LogP contribution < -0.4 is 5.32 Å². The number of nitrogens with zero attached hydrogens (tertiary/aromatic N) is 2. The molecule has 2 heterocycles. The molecule has 1 atom stereocenters. The van der Waals surface area contributed by atoms with Crippen LogP contribution in [-0.2, 0) is 16.1 Å². The number of carboxylic acids is 1. The maximum atomic E-state index is 12.1. The Morgan fingerprint density at radius 2 is 2.45 bits per heavy atom. The van der Waals surface area contributed by atoms with Crippen LogP contribution in [0.25, 0.3) is 0 Å². The van der Waals surface area contributed by atoms with Crippen molar-refractivity contribution < 1.29 is 19.4 Å². The molecule has 8 heteroatoms. The summed E-state index contributed by atoms with van der Waals surface area (Å²) in [6, 6.07) is -0.688. The van der Waals surface area contributed by atoms with E-state index in [1.165, 1.54) is 16.2 Å². The highest BCUT2D eigenvalue weighted by atomic mass is 32.1. The molecule has 1 fully saturated rings. The van der Waals surface area contributed by atoms with Crippen LogP contribution >= 0.6 is 11.3 Å². The average molecular weight is 299 g/mol. The van der Waals surface area contributed by atoms with Crippen molar-refractivity contribution in [3.63, 3.8) is 0 Å². The molecule has 1 aliphatic heterocycles. The average Bonchev–Trinajstić information content (AvgIpc) is 2.82. The van der Waals surface area contributed by atoms with Crippen molar-refractivity contribution in [1.29, 1.82) is 0 Å². The fourth-order valence-electron chi connectivity index (χ4n) is 2.03. The van der Waals surface area contributed by atoms with Gasteiger partial charge in [-0.2, -0.15) is 0 Å². The second kappa shape index (κ2) is 6.67. The Kier molecular flexibility index (Phi) is 4.91. The van der Waals surface area contributed by atoms with E-state index in [0.29, 0.717) is 19.7 Å². The zero-order valence-electron chi connectivity index (χ0n) is 11.2. The SMILES string of the molecule is Cc1csc(CNC(=O)N2CCOCC2CC(=O)O)n1. The van der Waals surface area contributed by atoms with Gasteiger partial charge in [-0.25, -0.2) is 9.78 Å². The molecular formula is C12H17N3O4S. The highest BCUT2D eigenvalue weighted by Crippen LogP contribution is 2.12. The molecule has 1 saturated heterocycles. The van der Waals surface area contributed by atoms with Gasteiger partial charge in [-0.05, 0) is 6.92 Å². The van der Waals surface area contributed by atoms with Crippen molar-refractivity contribution in [2.24, 2.45) is 0 Å². The van der Waals surface area contributed by atoms with Gasteiger partial charge >= 0.3 is 12.0 Å². The van der Waals surface area contributed by atoms with Crippen molar-refractivity contribution in [3.05, 3.63) is 16.1 Å². The predicted molar refractivity (Wildman–Crippen MR) is 72.7 cm³/mol. The van der Waals surface area contributed by atoms with Crippen LogP contribution in [0.4, 0.5) is 4.79 Å². The Morgan fingerprint density at radius 3 is 3.10 bits per heavy atom. The standard InChI is InChI=1S/C12H17N3O4S/c1-8-7-20-10(14-8)5-13-12(18)15-2-3-19-6-9(15)4-11(16)17/h7,9H,2-6H2,1H3,(H,13,18)(H,16,17). The first-order valence-corrected chi connectivity index (χ1v) is 7.19. The van der Waals surface area contributed by atoms with E-state index in [-0.39, 0.29) is 19.1 Å². The van der Waals surface area contributed by atoms with E-state index in [9.17, 15) is 9.59 Å². The third kappa shape index (κ3) is 3.91. The topological polar surface area (TPSA) is 91.8 Å². The molecule has 110 valence electrons. The number of aromatic nitrogens is 1. The van der Waals surface area contributed by atoms with Gasteiger partial charge in [-0.1, -0.05) is 0 Å². The van der Waals surface area contributed by atoms with Gasteiger partial charge in [0, 0.05) is 17.6 Å². The maximum Gasteiger partial charge on any atom is 0.318 e. The molecule has 0 spiro atoms. The van der Waals surface area contributed by atoms with Gasteiger partial charge in [-0.3, -0.25) is 4.79 Å². The molecule has 1 unspecified atom stereocenters. The number of thiazole rings is 1. The number of hydrogen-bond donors (Lipinski definition) is 2. The number of carbonyl (C=O) groups excluding carboxylic acids is 1. The number of rotatable bonds is 4. The normalized spacial score (nSPS) is 18.9. The third-order valence-electron chi connectivity index (χ3n) is 2.96. The lowest BCUT2D eigenvalue weighted by Gasteiger charge is -2.34. The number of morpholine rings is 1. The minimum atomic E-state index is -0.936. The zero-order valence-corrected chi connectivity index (χ0v) is 12.0. The molecule has 0 aliphatic carbocycles. The number of amides is 2. The first-order chi connectivity index (χ1) is 9.56. The Hall–Kier alpha value is -1.67. The largest absolute Gasteiger partial charge is 0.481 e. The van der Waals surface area contributed by atoms with Gasteiger partial charge in [0.2, 0.25) is 0 Å². The van der Waals surface area contributed by atoms with Gasteiger partial charge in [0.1, 0.15) is 5.01 Å². The Balaban J connectivity index is 1.90. The van der Waals surface area contributed by atoms with E-state index in [4.69, 9.17) is 9.84 Å². The lowest BCUT2D eigenvalue weighted by molar-refractivity contribution is -0.139. The second-order valence-electron chi connectivity index (χ2n) is 4.56. The summed E-state index contributed by atoms with van der Waals surface area (Å²) in [7, 11) is 0. The third-order valence-corrected chi connectivity index (χ3v) is 3.92. The molecule has 0 aromatic carbocycles. The van der Waals surface area contributed by atoms with E-state index < -0.39 is 12.0 Å². The van der Waals surface area contributed by atoms with Crippen LogP contribution in [0, 0.1) is 6.92 Å². The highest BCUT2D eigenvalue weighted by Gasteiger charge is 2.29. The van der Waals surface area contributed by atoms with Crippen LogP contribution in [0.2, 0.25) is 0 Å². The van der Waals surface area contributed by atoms with Crippen LogP contribution in [0.5, 0.6) is 0 Å². The molecule has 20 heavy (non-hydrogen) atoms. The van der Waals surface area contributed by atoms with Gasteiger partial charge in [0.05, 0.1) is 32.2 Å². The van der Waals surface area contributed by atoms with Gasteiger partial charge in [-0.15, -0.1) is 11.3 Å². The first kappa shape index (κ1) is 14.7. The van der Waals surface area contributed by atoms with Gasteiger partial charge in [0.15, 0.2) is 0 Å². The maximum absolute atomic E-state index is 12.1. The Bertz CT molecular complexity index is 491. The number of aryl methyl sites for hydroxylation is 1. The van der Waals surface area contributed by atoms with E-state index >= 15 is 0 Å². The predicted octanol–water partition coefficient (Wildman–Crippen LogP) is 0.837. The van der Waals surface area contributed by atoms with Crippen molar-refractivity contribution in [1.82, 2.24) is 15.2 Å². The van der Waals surface area contributed by atoms with E-state index in [0.717, 1.165) is 10.7 Å². The fraction of sp³-hybridized carbons (Fsp3) is 0.583. The molecule has 1 aromatic rings. The number of aliphatic carboxylic acids is 1. The molecule has 7 nitrogen and oxygen atoms in total. The summed E-state index contributed by atoms with van der Waals surface area (Å²) in [6.07, 6.45) is -0.107. The molecule has 1 aromatic heterocycles. The number of urea groups is 1. The molecule has 2 N–H and O–H groups in total. The van der Waals surface area contributed by atoms with Crippen molar-refractivity contribution in [3.8, 4) is 0 Å². The number of carbonyl (C=O) groups is 2. The lowest BCUT2D eigenvalue weighted by Crippen LogP contribution is -2.53. The number of carboxylic acid groups (broad SMARTS) is 1. The van der Waals surface area contributed by atoms with Gasteiger partial charge < -0.3 is 20.1 Å². The van der Waals surface area contributed by atoms with Crippen LogP contribution in [0.3, 0.4) is 0 Å². The molecule has 0 bridgehead atoms. The second-order valence-corrected chi connectivity index (χ2v) is 5.50. The summed E-state index contributed by atoms with van der Waals surface area (Å²) in [4.78, 5) is 28.7. The van der Waals surface area contributed by atoms with E-state index in [1.807, 2.05) is 12.3 Å². The Morgan fingerprint density at radius 1 is 1.65 bits per heavy atom. The summed E-state index contributed by atoms with van der Waals surface area (Å²) >= 11 is 1.49. The van der Waals surface area contributed by atoms with Crippen molar-refractivity contribution in [2.75, 3.05) is 19.8 Å². The summed E-state index contributed by atoms with van der Waals surface area (Å²) in [6.45, 7) is 3.35. The fourth-order valence-corrected chi connectivity index (χ4v) is 2.74. The summed E-state index contributed by atoms with van der Waals surface area (Å²) in [5.41, 5.74) is 0.925.